The molecule has 1 atom stereocenters. The second-order valence-electron chi connectivity index (χ2n) is 4.68. The fraction of sp³-hybridized carbons (Fsp3) is 0.0625. The van der Waals surface area contributed by atoms with Crippen LogP contribution in [0.15, 0.2) is 48.5 Å². The maximum Gasteiger partial charge on any atom is 0.178 e. The van der Waals surface area contributed by atoms with Gasteiger partial charge in [-0.3, -0.25) is 0 Å². The molecular formula is C16H10N2. The second-order valence-corrected chi connectivity index (χ2v) is 4.68. The average molecular weight is 230 g/mol. The van der Waals surface area contributed by atoms with Crippen LogP contribution in [-0.2, 0) is 5.54 Å². The van der Waals surface area contributed by atoms with Gasteiger partial charge in [-0.25, -0.2) is 0 Å². The van der Waals surface area contributed by atoms with Gasteiger partial charge in [-0.05, 0) is 11.6 Å². The van der Waals surface area contributed by atoms with E-state index in [1.54, 1.807) is 0 Å². The van der Waals surface area contributed by atoms with Crippen LogP contribution in [0.25, 0.3) is 11.8 Å². The molecule has 1 unspecified atom stereocenters. The predicted octanol–water partition coefficient (Wildman–Crippen LogP) is 2.87. The summed E-state index contributed by atoms with van der Waals surface area (Å²) in [5.74, 6) is 0. The quantitative estimate of drug-likeness (QED) is 0.755. The molecule has 0 radical (unpaired) electrons. The van der Waals surface area contributed by atoms with Crippen molar-refractivity contribution in [2.75, 3.05) is 0 Å². The summed E-state index contributed by atoms with van der Waals surface area (Å²) >= 11 is 0. The Morgan fingerprint density at radius 1 is 0.944 bits per heavy atom. The highest BCUT2D eigenvalue weighted by Crippen LogP contribution is 2.46. The van der Waals surface area contributed by atoms with E-state index in [-0.39, 0.29) is 0 Å². The maximum absolute atomic E-state index is 9.72. The molecule has 0 fully saturated rings. The largest absolute Gasteiger partial charge is 0.359 e. The molecule has 4 rings (SSSR count). The van der Waals surface area contributed by atoms with Crippen LogP contribution in [0.2, 0.25) is 0 Å². The molecule has 1 N–H and O–H groups in total. The molecule has 2 aliphatic heterocycles. The SMILES string of the molecule is N#CC12NC(=Cc3ccccc31)c1ccccc12. The van der Waals surface area contributed by atoms with Gasteiger partial charge >= 0.3 is 0 Å². The smallest absolute Gasteiger partial charge is 0.178 e. The molecule has 0 spiro atoms. The molecule has 2 heterocycles. The first-order valence-electron chi connectivity index (χ1n) is 5.96. The van der Waals surface area contributed by atoms with E-state index in [1.165, 1.54) is 0 Å². The second kappa shape index (κ2) is 3.02. The molecule has 84 valence electrons. The highest BCUT2D eigenvalue weighted by atomic mass is 15.0. The van der Waals surface area contributed by atoms with E-state index < -0.39 is 5.54 Å². The van der Waals surface area contributed by atoms with Crippen molar-refractivity contribution >= 4 is 11.8 Å². The minimum Gasteiger partial charge on any atom is -0.359 e. The zero-order valence-electron chi connectivity index (χ0n) is 9.64. The number of fused-ring (bicyclic) bond motifs is 7. The summed E-state index contributed by atoms with van der Waals surface area (Å²) in [6, 6.07) is 18.7. The van der Waals surface area contributed by atoms with Gasteiger partial charge < -0.3 is 5.32 Å². The van der Waals surface area contributed by atoms with E-state index in [9.17, 15) is 5.26 Å². The average Bonchev–Trinajstić information content (AvgIpc) is 2.71. The summed E-state index contributed by atoms with van der Waals surface area (Å²) in [7, 11) is 0. The van der Waals surface area contributed by atoms with Crippen LogP contribution in [0.5, 0.6) is 0 Å². The van der Waals surface area contributed by atoms with Crippen molar-refractivity contribution in [3.05, 3.63) is 70.8 Å². The zero-order valence-corrected chi connectivity index (χ0v) is 9.64. The van der Waals surface area contributed by atoms with Gasteiger partial charge in [0, 0.05) is 22.4 Å². The van der Waals surface area contributed by atoms with Gasteiger partial charge in [0.1, 0.15) is 6.07 Å². The summed E-state index contributed by atoms with van der Waals surface area (Å²) in [6.45, 7) is 0. The van der Waals surface area contributed by atoms with E-state index in [4.69, 9.17) is 0 Å². The van der Waals surface area contributed by atoms with Crippen molar-refractivity contribution in [1.82, 2.24) is 5.32 Å². The Kier molecular flexibility index (Phi) is 1.59. The molecule has 0 aliphatic carbocycles. The first-order valence-corrected chi connectivity index (χ1v) is 5.96. The number of hydrogen-bond donors (Lipinski definition) is 1. The molecule has 2 nitrogen and oxygen atoms in total. The Morgan fingerprint density at radius 2 is 1.67 bits per heavy atom. The summed E-state index contributed by atoms with van der Waals surface area (Å²) in [5.41, 5.74) is 4.70. The van der Waals surface area contributed by atoms with Gasteiger partial charge in [-0.1, -0.05) is 48.5 Å². The summed E-state index contributed by atoms with van der Waals surface area (Å²) < 4.78 is 0. The van der Waals surface area contributed by atoms with Crippen LogP contribution < -0.4 is 5.32 Å². The predicted molar refractivity (Wildman–Crippen MR) is 70.3 cm³/mol. The highest BCUT2D eigenvalue weighted by molar-refractivity contribution is 5.92. The number of hydrogen-bond acceptors (Lipinski definition) is 2. The molecule has 2 bridgehead atoms. The molecule has 2 heteroatoms. The van der Waals surface area contributed by atoms with Crippen molar-refractivity contribution in [1.29, 1.82) is 5.26 Å². The lowest BCUT2D eigenvalue weighted by Gasteiger charge is -2.28. The molecule has 2 aromatic carbocycles. The summed E-state index contributed by atoms with van der Waals surface area (Å²) in [6.07, 6.45) is 2.12. The van der Waals surface area contributed by atoms with E-state index in [2.05, 4.69) is 29.6 Å². The molecule has 2 aliphatic rings. The molecule has 0 aromatic heterocycles. The first kappa shape index (κ1) is 9.49. The Balaban J connectivity index is 2.16. The Morgan fingerprint density at radius 3 is 2.50 bits per heavy atom. The minimum absolute atomic E-state index is 0.711. The standard InChI is InChI=1S/C16H10N2/c17-10-16-13-7-3-1-5-11(13)9-15(18-16)12-6-2-4-8-14(12)16/h1-9,18H. The van der Waals surface area contributed by atoms with Gasteiger partial charge in [-0.2, -0.15) is 5.26 Å². The fourth-order valence-corrected chi connectivity index (χ4v) is 2.98. The third-order valence-corrected chi connectivity index (χ3v) is 3.78. The fourth-order valence-electron chi connectivity index (χ4n) is 2.98. The summed E-state index contributed by atoms with van der Waals surface area (Å²) in [4.78, 5) is 0. The molecule has 0 amide bonds. The molecule has 0 saturated heterocycles. The van der Waals surface area contributed by atoms with Crippen molar-refractivity contribution in [3.8, 4) is 6.07 Å². The third kappa shape index (κ3) is 0.930. The lowest BCUT2D eigenvalue weighted by Crippen LogP contribution is -2.38. The Labute approximate surface area is 105 Å². The zero-order chi connectivity index (χ0) is 12.2. The highest BCUT2D eigenvalue weighted by Gasteiger charge is 2.45. The number of nitriles is 1. The van der Waals surface area contributed by atoms with Crippen molar-refractivity contribution in [3.63, 3.8) is 0 Å². The van der Waals surface area contributed by atoms with E-state index in [0.717, 1.165) is 28.0 Å². The number of rotatable bonds is 0. The van der Waals surface area contributed by atoms with Crippen LogP contribution in [0.4, 0.5) is 0 Å². The van der Waals surface area contributed by atoms with E-state index >= 15 is 0 Å². The van der Waals surface area contributed by atoms with Gasteiger partial charge in [0.05, 0.1) is 0 Å². The first-order chi connectivity index (χ1) is 8.85. The number of nitrogens with zero attached hydrogens (tertiary/aromatic N) is 1. The normalized spacial score (nSPS) is 22.3. The van der Waals surface area contributed by atoms with Crippen molar-refractivity contribution in [2.45, 2.75) is 5.54 Å². The van der Waals surface area contributed by atoms with Crippen LogP contribution in [-0.4, -0.2) is 0 Å². The molecule has 18 heavy (non-hydrogen) atoms. The van der Waals surface area contributed by atoms with Crippen LogP contribution in [0, 0.1) is 11.3 Å². The third-order valence-electron chi connectivity index (χ3n) is 3.78. The molecule has 2 aromatic rings. The van der Waals surface area contributed by atoms with E-state index in [0.29, 0.717) is 0 Å². The lowest BCUT2D eigenvalue weighted by atomic mass is 9.83. The lowest BCUT2D eigenvalue weighted by molar-refractivity contribution is 0.623. The van der Waals surface area contributed by atoms with Gasteiger partial charge in [0.25, 0.3) is 0 Å². The molecule has 0 saturated carbocycles. The topological polar surface area (TPSA) is 35.8 Å². The van der Waals surface area contributed by atoms with Crippen molar-refractivity contribution < 1.29 is 0 Å². The van der Waals surface area contributed by atoms with Gasteiger partial charge in [-0.15, -0.1) is 0 Å². The van der Waals surface area contributed by atoms with Crippen LogP contribution >= 0.6 is 0 Å². The van der Waals surface area contributed by atoms with Crippen molar-refractivity contribution in [2.24, 2.45) is 0 Å². The Hall–Kier alpha value is -2.53. The van der Waals surface area contributed by atoms with E-state index in [1.807, 2.05) is 36.4 Å². The van der Waals surface area contributed by atoms with Crippen LogP contribution in [0.3, 0.4) is 0 Å². The maximum atomic E-state index is 9.72. The van der Waals surface area contributed by atoms with Crippen LogP contribution in [0.1, 0.15) is 22.3 Å². The minimum atomic E-state index is -0.711. The number of nitrogens with one attached hydrogen (secondary N) is 1. The number of benzene rings is 2. The summed E-state index contributed by atoms with van der Waals surface area (Å²) in [5, 5.41) is 13.1. The van der Waals surface area contributed by atoms with Gasteiger partial charge in [0.15, 0.2) is 5.54 Å². The molecular weight excluding hydrogens is 220 g/mol. The Bertz CT molecular complexity index is 724. The monoisotopic (exact) mass is 230 g/mol. The van der Waals surface area contributed by atoms with Gasteiger partial charge in [0.2, 0.25) is 0 Å².